The largest absolute Gasteiger partial charge is 0.459 e. The fourth-order valence-electron chi connectivity index (χ4n) is 3.86. The van der Waals surface area contributed by atoms with Gasteiger partial charge in [0.2, 0.25) is 12.2 Å². The minimum absolute atomic E-state index is 0.00220. The van der Waals surface area contributed by atoms with E-state index in [9.17, 15) is 14.7 Å². The number of carbonyl (C=O) groups is 2. The van der Waals surface area contributed by atoms with Crippen LogP contribution in [-0.4, -0.2) is 29.8 Å². The Hall–Kier alpha value is -3.36. The first-order valence-electron chi connectivity index (χ1n) is 12.5. The van der Waals surface area contributed by atoms with E-state index in [-0.39, 0.29) is 30.1 Å². The SMILES string of the molecule is CC(C)[C@@H]1C=C(C(=O)NCCCCC(=O)Nc2ccccc2N)O[C@H](OCc2ccc(CO)cc2)C1. The van der Waals surface area contributed by atoms with Gasteiger partial charge in [-0.1, -0.05) is 50.2 Å². The van der Waals surface area contributed by atoms with Crippen LogP contribution in [0, 0.1) is 11.8 Å². The molecule has 0 radical (unpaired) electrons. The highest BCUT2D eigenvalue weighted by Crippen LogP contribution is 2.29. The van der Waals surface area contributed by atoms with E-state index >= 15 is 0 Å². The van der Waals surface area contributed by atoms with Crippen LogP contribution in [0.3, 0.4) is 0 Å². The Kier molecular flexibility index (Phi) is 10.3. The molecule has 2 aromatic carbocycles. The molecule has 2 aromatic rings. The standard InChI is InChI=1S/C28H37N3O5/c1-19(2)22-15-25(36-27(16-22)35-18-21-12-10-20(17-32)11-13-21)28(34)30-14-6-5-9-26(33)31-24-8-4-3-7-23(24)29/h3-4,7-8,10-13,15,19,22,27,32H,5-6,9,14,16-18,29H2,1-2H3,(H,30,34)(H,31,33)/t22-,27+/m1/s1. The highest BCUT2D eigenvalue weighted by molar-refractivity contribution is 5.93. The van der Waals surface area contributed by atoms with Crippen LogP contribution < -0.4 is 16.4 Å². The van der Waals surface area contributed by atoms with Crippen molar-refractivity contribution in [3.05, 3.63) is 71.5 Å². The lowest BCUT2D eigenvalue weighted by Crippen LogP contribution is -2.34. The van der Waals surface area contributed by atoms with E-state index in [2.05, 4.69) is 24.5 Å². The van der Waals surface area contributed by atoms with Crippen molar-refractivity contribution in [1.82, 2.24) is 5.32 Å². The monoisotopic (exact) mass is 495 g/mol. The fraction of sp³-hybridized carbons (Fsp3) is 0.429. The van der Waals surface area contributed by atoms with E-state index in [1.807, 2.05) is 42.5 Å². The molecule has 0 bridgehead atoms. The van der Waals surface area contributed by atoms with Crippen molar-refractivity contribution in [2.45, 2.75) is 59.0 Å². The van der Waals surface area contributed by atoms with Crippen molar-refractivity contribution in [1.29, 1.82) is 0 Å². The van der Waals surface area contributed by atoms with E-state index in [1.165, 1.54) is 0 Å². The van der Waals surface area contributed by atoms with Crippen molar-refractivity contribution in [3.8, 4) is 0 Å². The molecule has 0 aliphatic carbocycles. The number of aliphatic hydroxyl groups excluding tert-OH is 1. The van der Waals surface area contributed by atoms with Crippen LogP contribution >= 0.6 is 0 Å². The summed E-state index contributed by atoms with van der Waals surface area (Å²) >= 11 is 0. The number of carbonyl (C=O) groups excluding carboxylic acids is 2. The van der Waals surface area contributed by atoms with Crippen molar-refractivity contribution >= 4 is 23.2 Å². The number of benzene rings is 2. The number of aliphatic hydroxyl groups is 1. The van der Waals surface area contributed by atoms with Crippen LogP contribution in [-0.2, 0) is 32.3 Å². The van der Waals surface area contributed by atoms with Crippen LogP contribution in [0.15, 0.2) is 60.4 Å². The highest BCUT2D eigenvalue weighted by Gasteiger charge is 2.29. The van der Waals surface area contributed by atoms with Crippen LogP contribution in [0.2, 0.25) is 0 Å². The van der Waals surface area contributed by atoms with Gasteiger partial charge in [-0.15, -0.1) is 0 Å². The van der Waals surface area contributed by atoms with Gasteiger partial charge in [0.15, 0.2) is 5.76 Å². The number of rotatable bonds is 12. The molecule has 1 aliphatic heterocycles. The van der Waals surface area contributed by atoms with Crippen molar-refractivity contribution in [2.75, 3.05) is 17.6 Å². The van der Waals surface area contributed by atoms with E-state index in [0.717, 1.165) is 11.1 Å². The molecule has 0 spiro atoms. The highest BCUT2D eigenvalue weighted by atomic mass is 16.7. The summed E-state index contributed by atoms with van der Waals surface area (Å²) in [6, 6.07) is 14.7. The van der Waals surface area contributed by atoms with Gasteiger partial charge in [0.05, 0.1) is 24.6 Å². The second-order valence-corrected chi connectivity index (χ2v) is 9.36. The number of nitrogens with one attached hydrogen (secondary N) is 2. The molecule has 0 saturated heterocycles. The molecule has 2 amide bonds. The van der Waals surface area contributed by atoms with Gasteiger partial charge in [-0.25, -0.2) is 0 Å². The first-order chi connectivity index (χ1) is 17.4. The van der Waals surface area contributed by atoms with E-state index in [1.54, 1.807) is 12.1 Å². The predicted octanol–water partition coefficient (Wildman–Crippen LogP) is 4.11. The van der Waals surface area contributed by atoms with Gasteiger partial charge in [-0.3, -0.25) is 9.59 Å². The molecule has 3 rings (SSSR count). The molecule has 0 saturated carbocycles. The van der Waals surface area contributed by atoms with Gasteiger partial charge >= 0.3 is 0 Å². The third-order valence-electron chi connectivity index (χ3n) is 6.16. The van der Waals surface area contributed by atoms with Crippen LogP contribution in [0.5, 0.6) is 0 Å². The van der Waals surface area contributed by atoms with Gasteiger partial charge in [-0.2, -0.15) is 0 Å². The van der Waals surface area contributed by atoms with Crippen LogP contribution in [0.25, 0.3) is 0 Å². The number of para-hydroxylation sites is 2. The zero-order valence-corrected chi connectivity index (χ0v) is 21.0. The Morgan fingerprint density at radius 1 is 1.11 bits per heavy atom. The summed E-state index contributed by atoms with van der Waals surface area (Å²) < 4.78 is 11.9. The zero-order chi connectivity index (χ0) is 25.9. The minimum atomic E-state index is -0.519. The maximum atomic E-state index is 12.8. The fourth-order valence-corrected chi connectivity index (χ4v) is 3.86. The predicted molar refractivity (Wildman–Crippen MR) is 139 cm³/mol. The molecule has 1 aliphatic rings. The lowest BCUT2D eigenvalue weighted by Gasteiger charge is -2.31. The van der Waals surface area contributed by atoms with E-state index in [0.29, 0.717) is 56.1 Å². The summed E-state index contributed by atoms with van der Waals surface area (Å²) in [7, 11) is 0. The number of unbranched alkanes of at least 4 members (excludes halogenated alkanes) is 1. The summed E-state index contributed by atoms with van der Waals surface area (Å²) in [5.41, 5.74) is 8.80. The first-order valence-corrected chi connectivity index (χ1v) is 12.5. The Labute approximate surface area is 212 Å². The quantitative estimate of drug-likeness (QED) is 0.260. The van der Waals surface area contributed by atoms with Crippen LogP contribution in [0.1, 0.15) is 50.7 Å². The number of amides is 2. The normalized spacial score (nSPS) is 17.3. The maximum Gasteiger partial charge on any atom is 0.286 e. The van der Waals surface area contributed by atoms with E-state index < -0.39 is 6.29 Å². The molecule has 0 unspecified atom stereocenters. The average Bonchev–Trinajstić information content (AvgIpc) is 2.88. The molecule has 8 heteroatoms. The Morgan fingerprint density at radius 3 is 2.53 bits per heavy atom. The van der Waals surface area contributed by atoms with Crippen molar-refractivity contribution in [3.63, 3.8) is 0 Å². The number of allylic oxidation sites excluding steroid dienone is 1. The Balaban J connectivity index is 1.42. The molecular weight excluding hydrogens is 458 g/mol. The summed E-state index contributed by atoms with van der Waals surface area (Å²) in [6.07, 6.45) is 3.67. The summed E-state index contributed by atoms with van der Waals surface area (Å²) in [6.45, 7) is 5.02. The number of hydrogen-bond donors (Lipinski definition) is 4. The van der Waals surface area contributed by atoms with Gasteiger partial charge in [-0.05, 0) is 54.0 Å². The maximum absolute atomic E-state index is 12.8. The van der Waals surface area contributed by atoms with Gasteiger partial charge in [0.1, 0.15) is 0 Å². The van der Waals surface area contributed by atoms with E-state index in [4.69, 9.17) is 15.2 Å². The molecule has 5 N–H and O–H groups in total. The molecule has 0 fully saturated rings. The number of hydrogen-bond acceptors (Lipinski definition) is 6. The third kappa shape index (κ3) is 8.39. The van der Waals surface area contributed by atoms with Gasteiger partial charge < -0.3 is 30.9 Å². The third-order valence-corrected chi connectivity index (χ3v) is 6.16. The zero-order valence-electron chi connectivity index (χ0n) is 21.0. The minimum Gasteiger partial charge on any atom is -0.459 e. The van der Waals surface area contributed by atoms with Crippen molar-refractivity contribution < 1.29 is 24.2 Å². The van der Waals surface area contributed by atoms with Crippen molar-refractivity contribution in [2.24, 2.45) is 11.8 Å². The smallest absolute Gasteiger partial charge is 0.286 e. The summed E-state index contributed by atoms with van der Waals surface area (Å²) in [5, 5.41) is 14.9. The average molecular weight is 496 g/mol. The molecule has 2 atom stereocenters. The number of nitrogen functional groups attached to an aromatic ring is 1. The molecule has 194 valence electrons. The number of anilines is 2. The molecule has 36 heavy (non-hydrogen) atoms. The topological polar surface area (TPSA) is 123 Å². The molecule has 1 heterocycles. The first kappa shape index (κ1) is 27.2. The second-order valence-electron chi connectivity index (χ2n) is 9.36. The Morgan fingerprint density at radius 2 is 1.83 bits per heavy atom. The van der Waals surface area contributed by atoms with Gasteiger partial charge in [0, 0.05) is 19.4 Å². The lowest BCUT2D eigenvalue weighted by atomic mass is 9.90. The molecule has 8 nitrogen and oxygen atoms in total. The number of ether oxygens (including phenoxy) is 2. The lowest BCUT2D eigenvalue weighted by molar-refractivity contribution is -0.154. The molecular formula is C28H37N3O5. The second kappa shape index (κ2) is 13.7. The van der Waals surface area contributed by atoms with Gasteiger partial charge in [0.25, 0.3) is 5.91 Å². The summed E-state index contributed by atoms with van der Waals surface area (Å²) in [5.74, 6) is 0.392. The van der Waals surface area contributed by atoms with Crippen LogP contribution in [0.4, 0.5) is 11.4 Å². The summed E-state index contributed by atoms with van der Waals surface area (Å²) in [4.78, 5) is 24.9. The Bertz CT molecular complexity index is 1040. The number of nitrogens with two attached hydrogens (primary N) is 1. The molecule has 0 aromatic heterocycles.